The third-order valence-corrected chi connectivity index (χ3v) is 4.16. The number of pyridine rings is 2. The van der Waals surface area contributed by atoms with Crippen LogP contribution in [0.5, 0.6) is 47.0 Å². The van der Waals surface area contributed by atoms with Crippen molar-refractivity contribution in [3.8, 4) is 47.0 Å². The van der Waals surface area contributed by atoms with Crippen molar-refractivity contribution >= 4 is 11.6 Å². The first-order valence-electron chi connectivity index (χ1n) is 10.2. The molecule has 0 aliphatic carbocycles. The highest BCUT2D eigenvalue weighted by atomic mass is 16.5. The predicted octanol–water partition coefficient (Wildman–Crippen LogP) is 2.53. The first kappa shape index (κ1) is 25.5. The van der Waals surface area contributed by atoms with Gasteiger partial charge in [-0.05, 0) is 24.3 Å². The quantitative estimate of drug-likeness (QED) is 0.362. The average molecular weight is 496 g/mol. The normalized spacial score (nSPS) is 9.89. The molecule has 0 saturated carbocycles. The van der Waals surface area contributed by atoms with E-state index >= 15 is 0 Å². The zero-order valence-electron chi connectivity index (χ0n) is 19.9. The monoisotopic (exact) mass is 496 g/mol. The van der Waals surface area contributed by atoms with E-state index in [-0.39, 0.29) is 23.7 Å². The van der Waals surface area contributed by atoms with Crippen LogP contribution in [0.4, 0.5) is 11.6 Å². The molecule has 0 spiro atoms. The molecule has 0 aromatic carbocycles. The highest BCUT2D eigenvalue weighted by molar-refractivity contribution is 5.47. The highest BCUT2D eigenvalue weighted by Crippen LogP contribution is 2.27. The van der Waals surface area contributed by atoms with Gasteiger partial charge >= 0.3 is 12.0 Å². The van der Waals surface area contributed by atoms with E-state index in [9.17, 15) is 0 Å². The van der Waals surface area contributed by atoms with Crippen molar-refractivity contribution in [3.63, 3.8) is 0 Å². The lowest BCUT2D eigenvalue weighted by molar-refractivity contribution is 0.347. The van der Waals surface area contributed by atoms with Crippen molar-refractivity contribution in [2.45, 2.75) is 0 Å². The predicted molar refractivity (Wildman–Crippen MR) is 128 cm³/mol. The summed E-state index contributed by atoms with van der Waals surface area (Å²) in [6, 6.07) is 9.96. The van der Waals surface area contributed by atoms with Crippen LogP contribution in [0, 0.1) is 0 Å². The van der Waals surface area contributed by atoms with Crippen molar-refractivity contribution in [2.24, 2.45) is 0 Å². The van der Waals surface area contributed by atoms with Gasteiger partial charge in [0.25, 0.3) is 0 Å². The molecule has 4 heterocycles. The highest BCUT2D eigenvalue weighted by Gasteiger charge is 2.10. The molecule has 0 aliphatic heterocycles. The van der Waals surface area contributed by atoms with Crippen LogP contribution >= 0.6 is 0 Å². The maximum absolute atomic E-state index is 5.66. The molecular weight excluding hydrogens is 472 g/mol. The number of nitrogens with two attached hydrogens (primary N) is 2. The Hall–Kier alpha value is -5.14. The van der Waals surface area contributed by atoms with Crippen molar-refractivity contribution in [1.82, 2.24) is 29.9 Å². The molecule has 4 aromatic rings. The van der Waals surface area contributed by atoms with E-state index in [0.717, 1.165) is 0 Å². The van der Waals surface area contributed by atoms with Crippen LogP contribution in [-0.2, 0) is 0 Å². The lowest BCUT2D eigenvalue weighted by atomic mass is 10.4. The zero-order valence-corrected chi connectivity index (χ0v) is 19.9. The summed E-state index contributed by atoms with van der Waals surface area (Å²) < 4.78 is 30.9. The van der Waals surface area contributed by atoms with Gasteiger partial charge in [0, 0.05) is 12.4 Å². The lowest BCUT2D eigenvalue weighted by Gasteiger charge is -2.08. The van der Waals surface area contributed by atoms with Crippen LogP contribution in [0.15, 0.2) is 48.8 Å². The molecule has 188 valence electrons. The Labute approximate surface area is 206 Å². The number of aromatic nitrogens is 6. The van der Waals surface area contributed by atoms with Gasteiger partial charge in [0.15, 0.2) is 23.1 Å². The van der Waals surface area contributed by atoms with Crippen LogP contribution in [-0.4, -0.2) is 58.3 Å². The van der Waals surface area contributed by atoms with Gasteiger partial charge in [-0.1, -0.05) is 0 Å². The largest absolute Gasteiger partial charge is 0.481 e. The van der Waals surface area contributed by atoms with E-state index in [1.807, 2.05) is 0 Å². The number of rotatable bonds is 8. The summed E-state index contributed by atoms with van der Waals surface area (Å²) in [7, 11) is 5.96. The Morgan fingerprint density at radius 3 is 1.17 bits per heavy atom. The number of nitrogens with zero attached hydrogens (tertiary/aromatic N) is 6. The standard InChI is InChI=1S/2C11H12N4O3/c2*1-16-8-6-9(17-2)15-11(14-8)18-7-4-3-5-13-10(7)12/h2*3-6H,1-2H3,(H2,12,13). The van der Waals surface area contributed by atoms with Crippen LogP contribution in [0.2, 0.25) is 0 Å². The molecule has 0 unspecified atom stereocenters. The number of hydrogen-bond acceptors (Lipinski definition) is 14. The Kier molecular flexibility index (Phi) is 8.75. The second kappa shape index (κ2) is 12.4. The maximum Gasteiger partial charge on any atom is 0.328 e. The molecule has 14 nitrogen and oxygen atoms in total. The number of methoxy groups -OCH3 is 4. The average Bonchev–Trinajstić information content (AvgIpc) is 2.91. The molecule has 14 heteroatoms. The number of anilines is 2. The topological polar surface area (TPSA) is 185 Å². The van der Waals surface area contributed by atoms with E-state index < -0.39 is 0 Å². The molecule has 0 bridgehead atoms. The maximum atomic E-state index is 5.66. The van der Waals surface area contributed by atoms with Crippen molar-refractivity contribution in [3.05, 3.63) is 48.8 Å². The van der Waals surface area contributed by atoms with Crippen LogP contribution in [0.3, 0.4) is 0 Å². The summed E-state index contributed by atoms with van der Waals surface area (Å²) in [6.07, 6.45) is 3.13. The summed E-state index contributed by atoms with van der Waals surface area (Å²) in [5.74, 6) is 2.57. The minimum atomic E-state index is 0.0749. The van der Waals surface area contributed by atoms with Crippen molar-refractivity contribution in [2.75, 3.05) is 39.9 Å². The van der Waals surface area contributed by atoms with Crippen LogP contribution < -0.4 is 39.9 Å². The van der Waals surface area contributed by atoms with Gasteiger partial charge < -0.3 is 39.9 Å². The smallest absolute Gasteiger partial charge is 0.328 e. The lowest BCUT2D eigenvalue weighted by Crippen LogP contribution is -2.00. The second-order valence-electron chi connectivity index (χ2n) is 6.45. The van der Waals surface area contributed by atoms with Crippen molar-refractivity contribution in [1.29, 1.82) is 0 Å². The first-order valence-corrected chi connectivity index (χ1v) is 10.2. The molecule has 4 N–H and O–H groups in total. The molecule has 4 rings (SSSR count). The SMILES string of the molecule is COc1cc(OC)nc(Oc2cccnc2N)n1.COc1cc(OC)nc(Oc2cccnc2N)n1. The molecule has 0 radical (unpaired) electrons. The number of nitrogen functional groups attached to an aromatic ring is 2. The Morgan fingerprint density at radius 1 is 0.556 bits per heavy atom. The Morgan fingerprint density at radius 2 is 0.889 bits per heavy atom. The van der Waals surface area contributed by atoms with E-state index in [1.165, 1.54) is 28.4 Å². The van der Waals surface area contributed by atoms with E-state index in [1.54, 1.807) is 48.8 Å². The fourth-order valence-electron chi connectivity index (χ4n) is 2.45. The first-order chi connectivity index (χ1) is 17.4. The van der Waals surface area contributed by atoms with Gasteiger partial charge in [-0.2, -0.15) is 19.9 Å². The van der Waals surface area contributed by atoms with Gasteiger partial charge in [-0.3, -0.25) is 0 Å². The summed E-state index contributed by atoms with van der Waals surface area (Å²) >= 11 is 0. The van der Waals surface area contributed by atoms with Gasteiger partial charge in [-0.25, -0.2) is 9.97 Å². The molecule has 0 fully saturated rings. The molecule has 4 aromatic heterocycles. The molecule has 0 saturated heterocycles. The minimum Gasteiger partial charge on any atom is -0.481 e. The van der Waals surface area contributed by atoms with Gasteiger partial charge in [0.2, 0.25) is 23.5 Å². The summed E-state index contributed by atoms with van der Waals surface area (Å²) in [4.78, 5) is 23.9. The van der Waals surface area contributed by atoms with Crippen LogP contribution in [0.1, 0.15) is 0 Å². The number of ether oxygens (including phenoxy) is 6. The number of hydrogen-bond donors (Lipinski definition) is 2. The minimum absolute atomic E-state index is 0.0749. The fourth-order valence-corrected chi connectivity index (χ4v) is 2.45. The molecule has 0 aliphatic rings. The van der Waals surface area contributed by atoms with E-state index in [4.69, 9.17) is 39.9 Å². The molecule has 0 amide bonds. The second-order valence-corrected chi connectivity index (χ2v) is 6.45. The molecular formula is C22H24N8O6. The van der Waals surface area contributed by atoms with Crippen molar-refractivity contribution < 1.29 is 28.4 Å². The van der Waals surface area contributed by atoms with Gasteiger partial charge in [0.05, 0.1) is 40.6 Å². The Balaban J connectivity index is 0.000000201. The molecule has 36 heavy (non-hydrogen) atoms. The third-order valence-electron chi connectivity index (χ3n) is 4.16. The summed E-state index contributed by atoms with van der Waals surface area (Å²) in [6.45, 7) is 0. The summed E-state index contributed by atoms with van der Waals surface area (Å²) in [5.41, 5.74) is 11.3. The van der Waals surface area contributed by atoms with Gasteiger partial charge in [0.1, 0.15) is 0 Å². The molecule has 0 atom stereocenters. The van der Waals surface area contributed by atoms with Gasteiger partial charge in [-0.15, -0.1) is 0 Å². The van der Waals surface area contributed by atoms with Crippen LogP contribution in [0.25, 0.3) is 0 Å². The van der Waals surface area contributed by atoms with E-state index in [2.05, 4.69) is 29.9 Å². The fraction of sp³-hybridized carbons (Fsp3) is 0.182. The van der Waals surface area contributed by atoms with E-state index in [0.29, 0.717) is 35.0 Å². The third kappa shape index (κ3) is 6.93. The zero-order chi connectivity index (χ0) is 25.9. The Bertz CT molecular complexity index is 1150. The summed E-state index contributed by atoms with van der Waals surface area (Å²) in [5, 5.41) is 0.